The Labute approximate surface area is 177 Å². The molecule has 1 saturated heterocycles. The van der Waals surface area contributed by atoms with Crippen LogP contribution in [0.3, 0.4) is 0 Å². The fourth-order valence-electron chi connectivity index (χ4n) is 3.74. The van der Waals surface area contributed by atoms with E-state index in [1.165, 1.54) is 25.2 Å². The number of nitrogens with one attached hydrogen (secondary N) is 1. The fraction of sp³-hybridized carbons (Fsp3) is 0.316. The molecule has 31 heavy (non-hydrogen) atoms. The van der Waals surface area contributed by atoms with E-state index >= 15 is 0 Å². The van der Waals surface area contributed by atoms with Gasteiger partial charge in [0, 0.05) is 24.9 Å². The van der Waals surface area contributed by atoms with Crippen molar-refractivity contribution in [3.63, 3.8) is 0 Å². The number of rotatable bonds is 3. The number of nitrogens with zero attached hydrogens (tertiary/aromatic N) is 3. The molecule has 164 valence electrons. The maximum atomic E-state index is 15.0. The number of carbonyl (C=O) groups is 1. The topological polar surface area (TPSA) is 127 Å². The van der Waals surface area contributed by atoms with Gasteiger partial charge in [-0.3, -0.25) is 4.79 Å². The van der Waals surface area contributed by atoms with Crippen molar-refractivity contribution in [2.45, 2.75) is 23.8 Å². The highest BCUT2D eigenvalue weighted by Crippen LogP contribution is 2.46. The number of sulfonamides is 1. The minimum absolute atomic E-state index is 0.0477. The zero-order chi connectivity index (χ0) is 22.4. The molecule has 3 N–H and O–H groups in total. The number of aromatic nitrogens is 1. The molecule has 1 aromatic heterocycles. The summed E-state index contributed by atoms with van der Waals surface area (Å²) in [5, 5.41) is 2.55. The number of halogens is 2. The van der Waals surface area contributed by atoms with Crippen molar-refractivity contribution in [2.75, 3.05) is 19.0 Å². The van der Waals surface area contributed by atoms with Crippen molar-refractivity contribution in [3.05, 3.63) is 59.4 Å². The zero-order valence-electron chi connectivity index (χ0n) is 16.4. The van der Waals surface area contributed by atoms with E-state index in [0.717, 1.165) is 22.6 Å². The summed E-state index contributed by atoms with van der Waals surface area (Å²) in [5.74, 6) is -2.25. The lowest BCUT2D eigenvalue weighted by Gasteiger charge is -2.45. The number of amides is 1. The highest BCUT2D eigenvalue weighted by Gasteiger charge is 2.56. The monoisotopic (exact) mass is 451 g/mol. The Balaban J connectivity index is 1.77. The Bertz CT molecular complexity index is 1170. The maximum Gasteiger partial charge on any atom is 0.274 e. The Hall–Kier alpha value is -3.12. The van der Waals surface area contributed by atoms with Crippen LogP contribution in [0.5, 0.6) is 0 Å². The normalized spacial score (nSPS) is 24.8. The lowest BCUT2D eigenvalue weighted by molar-refractivity contribution is 0.000601. The molecule has 2 aromatic rings. The minimum Gasteiger partial charge on any atom is -0.369 e. The average Bonchev–Trinajstić information content (AvgIpc) is 2.74. The minimum atomic E-state index is -4.06. The summed E-state index contributed by atoms with van der Waals surface area (Å²) >= 11 is 0. The van der Waals surface area contributed by atoms with Crippen LogP contribution in [-0.2, 0) is 20.3 Å². The second-order valence-corrected chi connectivity index (χ2v) is 9.23. The van der Waals surface area contributed by atoms with Crippen LogP contribution in [0.25, 0.3) is 0 Å². The Morgan fingerprint density at radius 3 is 2.81 bits per heavy atom. The van der Waals surface area contributed by atoms with E-state index in [2.05, 4.69) is 15.3 Å². The lowest BCUT2D eigenvalue weighted by Crippen LogP contribution is -2.60. The van der Waals surface area contributed by atoms with Gasteiger partial charge < -0.3 is 15.8 Å². The summed E-state index contributed by atoms with van der Waals surface area (Å²) in [4.78, 5) is 20.5. The summed E-state index contributed by atoms with van der Waals surface area (Å²) in [7, 11) is -2.81. The van der Waals surface area contributed by atoms with Crippen LogP contribution < -0.4 is 11.1 Å². The maximum absolute atomic E-state index is 15.0. The van der Waals surface area contributed by atoms with Gasteiger partial charge in [-0.25, -0.2) is 31.5 Å². The molecule has 9 nitrogen and oxygen atoms in total. The quantitative estimate of drug-likeness (QED) is 0.729. The van der Waals surface area contributed by atoms with E-state index in [-0.39, 0.29) is 35.9 Å². The van der Waals surface area contributed by atoms with Crippen molar-refractivity contribution < 1.29 is 26.7 Å². The summed E-state index contributed by atoms with van der Waals surface area (Å²) in [5.41, 5.74) is 2.84. The predicted molar refractivity (Wildman–Crippen MR) is 108 cm³/mol. The standard InChI is InChI=1S/C19H19F2N5O4S/c1-26-18(22)25-19(7-2-8-30-17(19)31(26,28)29)13-9-12(4-5-14(13)21)24-16(27)15-6-3-11(20)10-23-15/h3-6,9-10,17H,2,7-8H2,1H3,(H2,22,25)(H,24,27)/t17?,19-/m1/s1. The van der Waals surface area contributed by atoms with Gasteiger partial charge in [0.05, 0.1) is 6.20 Å². The van der Waals surface area contributed by atoms with Crippen molar-refractivity contribution >= 4 is 27.6 Å². The average molecular weight is 451 g/mol. The number of pyridine rings is 1. The molecular formula is C19H19F2N5O4S. The van der Waals surface area contributed by atoms with E-state index in [9.17, 15) is 22.0 Å². The van der Waals surface area contributed by atoms with Gasteiger partial charge in [-0.1, -0.05) is 0 Å². The molecule has 1 unspecified atom stereocenters. The van der Waals surface area contributed by atoms with Crippen molar-refractivity contribution in [3.8, 4) is 0 Å². The van der Waals surface area contributed by atoms with E-state index in [1.54, 1.807) is 0 Å². The van der Waals surface area contributed by atoms with Crippen molar-refractivity contribution in [1.29, 1.82) is 0 Å². The van der Waals surface area contributed by atoms with Crippen LogP contribution in [0.2, 0.25) is 0 Å². The summed E-state index contributed by atoms with van der Waals surface area (Å²) in [6.07, 6.45) is 1.51. The van der Waals surface area contributed by atoms with E-state index in [0.29, 0.717) is 6.42 Å². The molecular weight excluding hydrogens is 432 g/mol. The molecule has 0 radical (unpaired) electrons. The van der Waals surface area contributed by atoms with E-state index in [4.69, 9.17) is 10.5 Å². The van der Waals surface area contributed by atoms with Crippen LogP contribution in [0.15, 0.2) is 41.5 Å². The lowest BCUT2D eigenvalue weighted by atomic mass is 9.84. The molecule has 4 rings (SSSR count). The number of carbonyl (C=O) groups excluding carboxylic acids is 1. The molecule has 0 spiro atoms. The molecule has 0 saturated carbocycles. The van der Waals surface area contributed by atoms with Gasteiger partial charge in [-0.05, 0) is 43.2 Å². The van der Waals surface area contributed by atoms with Gasteiger partial charge in [-0.2, -0.15) is 0 Å². The van der Waals surface area contributed by atoms with E-state index in [1.807, 2.05) is 0 Å². The largest absolute Gasteiger partial charge is 0.369 e. The van der Waals surface area contributed by atoms with Crippen LogP contribution in [-0.4, -0.2) is 48.7 Å². The second kappa shape index (κ2) is 7.54. The Morgan fingerprint density at radius 1 is 1.32 bits per heavy atom. The van der Waals surface area contributed by atoms with Gasteiger partial charge >= 0.3 is 0 Å². The molecule has 0 aliphatic carbocycles. The Kier molecular flexibility index (Phi) is 5.13. The highest BCUT2D eigenvalue weighted by atomic mass is 32.2. The first-order chi connectivity index (χ1) is 14.6. The number of hydrogen-bond donors (Lipinski definition) is 2. The highest BCUT2D eigenvalue weighted by molar-refractivity contribution is 7.90. The number of guanidine groups is 1. The molecule has 1 amide bonds. The number of hydrogen-bond acceptors (Lipinski definition) is 7. The van der Waals surface area contributed by atoms with Crippen LogP contribution in [0, 0.1) is 11.6 Å². The van der Waals surface area contributed by atoms with Crippen LogP contribution in [0.4, 0.5) is 14.5 Å². The van der Waals surface area contributed by atoms with Crippen molar-refractivity contribution in [1.82, 2.24) is 9.29 Å². The number of benzene rings is 1. The summed E-state index contributed by atoms with van der Waals surface area (Å²) in [6.45, 7) is 0.170. The zero-order valence-corrected chi connectivity index (χ0v) is 17.2. The third kappa shape index (κ3) is 3.51. The van der Waals surface area contributed by atoms with Gasteiger partial charge in [-0.15, -0.1) is 0 Å². The summed E-state index contributed by atoms with van der Waals surface area (Å²) in [6, 6.07) is 6.00. The van der Waals surface area contributed by atoms with E-state index < -0.39 is 38.5 Å². The van der Waals surface area contributed by atoms with Gasteiger partial charge in [0.15, 0.2) is 0 Å². The first-order valence-electron chi connectivity index (χ1n) is 9.33. The van der Waals surface area contributed by atoms with Gasteiger partial charge in [0.25, 0.3) is 15.9 Å². The smallest absolute Gasteiger partial charge is 0.274 e. The third-order valence-corrected chi connectivity index (χ3v) is 7.32. The fourth-order valence-corrected chi connectivity index (χ4v) is 5.39. The molecule has 1 aromatic carbocycles. The Morgan fingerprint density at radius 2 is 2.10 bits per heavy atom. The number of anilines is 1. The first-order valence-corrected chi connectivity index (χ1v) is 10.8. The number of ether oxygens (including phenoxy) is 1. The van der Waals surface area contributed by atoms with Gasteiger partial charge in [0.2, 0.25) is 11.4 Å². The SMILES string of the molecule is CN1C(N)=N[C@@]2(c3cc(NC(=O)c4ccc(F)cn4)ccc3F)CCCOC2S1(=O)=O. The molecule has 0 bridgehead atoms. The molecule has 2 aliphatic heterocycles. The van der Waals surface area contributed by atoms with Crippen LogP contribution in [0.1, 0.15) is 28.9 Å². The second-order valence-electron chi connectivity index (χ2n) is 7.22. The molecule has 2 aliphatic rings. The number of fused-ring (bicyclic) bond motifs is 1. The molecule has 1 fully saturated rings. The van der Waals surface area contributed by atoms with Crippen LogP contribution >= 0.6 is 0 Å². The molecule has 2 atom stereocenters. The number of nitrogens with two attached hydrogens (primary N) is 1. The molecule has 12 heteroatoms. The number of aliphatic imine (C=N–C) groups is 1. The summed E-state index contributed by atoms with van der Waals surface area (Å²) < 4.78 is 60.2. The molecule has 3 heterocycles. The van der Waals surface area contributed by atoms with Crippen molar-refractivity contribution in [2.24, 2.45) is 10.7 Å². The van der Waals surface area contributed by atoms with Gasteiger partial charge in [0.1, 0.15) is 22.9 Å². The first kappa shape index (κ1) is 21.1. The predicted octanol–water partition coefficient (Wildman–Crippen LogP) is 1.53. The third-order valence-electron chi connectivity index (χ3n) is 5.30.